The van der Waals surface area contributed by atoms with Gasteiger partial charge in [0.1, 0.15) is 0 Å². The molecule has 0 heterocycles. The van der Waals surface area contributed by atoms with Crippen LogP contribution in [-0.4, -0.2) is 55.8 Å². The molecule has 0 radical (unpaired) electrons. The second-order valence-electron chi connectivity index (χ2n) is 6.20. The molecule has 134 valence electrons. The molecule has 2 atom stereocenters. The molecule has 23 heavy (non-hydrogen) atoms. The van der Waals surface area contributed by atoms with Crippen LogP contribution in [0.1, 0.15) is 47.5 Å². The number of hydrogen-bond acceptors (Lipinski definition) is 5. The van der Waals surface area contributed by atoms with E-state index in [9.17, 15) is 0 Å². The van der Waals surface area contributed by atoms with Gasteiger partial charge >= 0.3 is 0 Å². The third-order valence-electron chi connectivity index (χ3n) is 3.44. The van der Waals surface area contributed by atoms with Crippen molar-refractivity contribution in [2.75, 3.05) is 20.1 Å². The fourth-order valence-corrected chi connectivity index (χ4v) is 1.64. The van der Waals surface area contributed by atoms with Crippen LogP contribution in [0.3, 0.4) is 0 Å². The minimum Gasteiger partial charge on any atom is -0.400 e. The topological polar surface area (TPSA) is 78.0 Å². The number of nitrogens with one attached hydrogen (secondary N) is 2. The normalized spacial score (nSPS) is 15.7. The Hall–Kier alpha value is -1.40. The van der Waals surface area contributed by atoms with E-state index in [4.69, 9.17) is 5.73 Å². The average molecular weight is 325 g/mol. The highest BCUT2D eigenvalue weighted by Gasteiger charge is 2.05. The number of nitrogens with zero attached hydrogens (tertiary/aromatic N) is 3. The Bertz CT molecular complexity index is 375. The van der Waals surface area contributed by atoms with Crippen molar-refractivity contribution < 1.29 is 0 Å². The van der Waals surface area contributed by atoms with Crippen molar-refractivity contribution in [3.8, 4) is 0 Å². The Balaban J connectivity index is 4.18. The van der Waals surface area contributed by atoms with Gasteiger partial charge in [-0.25, -0.2) is 4.99 Å². The minimum absolute atomic E-state index is 0.334. The lowest BCUT2D eigenvalue weighted by atomic mass is 10.2. The fraction of sp³-hybridized carbons (Fsp3) is 0.765. The summed E-state index contributed by atoms with van der Waals surface area (Å²) in [6.45, 7) is 12.3. The maximum absolute atomic E-state index is 5.97. The van der Waals surface area contributed by atoms with Crippen LogP contribution in [0.25, 0.3) is 0 Å². The molecule has 0 aromatic carbocycles. The van der Waals surface area contributed by atoms with E-state index in [1.165, 1.54) is 0 Å². The molecule has 0 rings (SSSR count). The lowest BCUT2D eigenvalue weighted by molar-refractivity contribution is 0.453. The van der Waals surface area contributed by atoms with Gasteiger partial charge in [-0.05, 0) is 19.8 Å². The summed E-state index contributed by atoms with van der Waals surface area (Å²) >= 11 is 0. The first-order valence-electron chi connectivity index (χ1n) is 8.58. The monoisotopic (exact) mass is 324 g/mol. The molecule has 4 N–H and O–H groups in total. The van der Waals surface area contributed by atoms with E-state index in [1.54, 1.807) is 18.9 Å². The Morgan fingerprint density at radius 2 is 1.83 bits per heavy atom. The maximum Gasteiger partial charge on any atom is 0.0954 e. The van der Waals surface area contributed by atoms with Crippen LogP contribution < -0.4 is 16.4 Å². The van der Waals surface area contributed by atoms with Crippen molar-refractivity contribution in [2.24, 2.45) is 15.7 Å². The molecule has 0 aromatic heterocycles. The zero-order valence-corrected chi connectivity index (χ0v) is 15.7. The SMILES string of the molecule is CCC(C)N=CN(C)C=N/C=C(\N)CN[C@@H](CC)CNC(C)C. The van der Waals surface area contributed by atoms with Crippen LogP contribution in [0.2, 0.25) is 0 Å². The molecule has 0 fully saturated rings. The highest BCUT2D eigenvalue weighted by Crippen LogP contribution is 1.94. The van der Waals surface area contributed by atoms with Gasteiger partial charge in [-0.15, -0.1) is 0 Å². The average Bonchev–Trinajstić information content (AvgIpc) is 2.52. The van der Waals surface area contributed by atoms with Crippen LogP contribution in [0.15, 0.2) is 21.9 Å². The molecule has 0 amide bonds. The van der Waals surface area contributed by atoms with E-state index < -0.39 is 0 Å². The van der Waals surface area contributed by atoms with Crippen LogP contribution in [0.5, 0.6) is 0 Å². The summed E-state index contributed by atoms with van der Waals surface area (Å²) in [6.07, 6.45) is 7.26. The van der Waals surface area contributed by atoms with E-state index in [1.807, 2.05) is 11.9 Å². The standard InChI is InChI=1S/C17H36N6/c1-7-15(5)22-13-23(6)12-19-9-16(18)10-21-17(8-2)11-20-14(3)4/h9,12-15,17,20-21H,7-8,10-11,18H2,1-6H3/b16-9-,19-12?,22-13?/t15?,17-/m0/s1. The first-order chi connectivity index (χ1) is 10.9. The van der Waals surface area contributed by atoms with Crippen molar-refractivity contribution in [2.45, 2.75) is 65.6 Å². The van der Waals surface area contributed by atoms with Gasteiger partial charge in [0, 0.05) is 50.2 Å². The van der Waals surface area contributed by atoms with Gasteiger partial charge in [-0.2, -0.15) is 0 Å². The second-order valence-corrected chi connectivity index (χ2v) is 6.20. The van der Waals surface area contributed by atoms with Gasteiger partial charge in [0.2, 0.25) is 0 Å². The number of rotatable bonds is 12. The molecule has 0 aromatic rings. The predicted molar refractivity (Wildman–Crippen MR) is 102 cm³/mol. The summed E-state index contributed by atoms with van der Waals surface area (Å²) < 4.78 is 0. The van der Waals surface area contributed by atoms with E-state index in [2.05, 4.69) is 55.2 Å². The summed E-state index contributed by atoms with van der Waals surface area (Å²) in [7, 11) is 1.91. The van der Waals surface area contributed by atoms with E-state index >= 15 is 0 Å². The Morgan fingerprint density at radius 3 is 2.39 bits per heavy atom. The summed E-state index contributed by atoms with van der Waals surface area (Å²) in [5.74, 6) is 0. The predicted octanol–water partition coefficient (Wildman–Crippen LogP) is 1.94. The molecule has 0 bridgehead atoms. The first kappa shape index (κ1) is 21.6. The quantitative estimate of drug-likeness (QED) is 0.379. The van der Waals surface area contributed by atoms with Crippen LogP contribution in [-0.2, 0) is 0 Å². The van der Waals surface area contributed by atoms with Crippen molar-refractivity contribution in [3.05, 3.63) is 11.9 Å². The smallest absolute Gasteiger partial charge is 0.0954 e. The van der Waals surface area contributed by atoms with Crippen molar-refractivity contribution in [3.63, 3.8) is 0 Å². The lowest BCUT2D eigenvalue weighted by Crippen LogP contribution is -2.41. The minimum atomic E-state index is 0.334. The van der Waals surface area contributed by atoms with Gasteiger partial charge in [-0.3, -0.25) is 4.99 Å². The molecule has 0 saturated carbocycles. The molecule has 0 aliphatic rings. The largest absolute Gasteiger partial charge is 0.400 e. The number of hydrogen-bond donors (Lipinski definition) is 3. The maximum atomic E-state index is 5.97. The van der Waals surface area contributed by atoms with Crippen molar-refractivity contribution in [1.29, 1.82) is 0 Å². The molecule has 6 heteroatoms. The fourth-order valence-electron chi connectivity index (χ4n) is 1.64. The second kappa shape index (κ2) is 13.1. The zero-order valence-electron chi connectivity index (χ0n) is 15.7. The van der Waals surface area contributed by atoms with Gasteiger partial charge in [0.25, 0.3) is 0 Å². The van der Waals surface area contributed by atoms with Gasteiger partial charge < -0.3 is 21.3 Å². The highest BCUT2D eigenvalue weighted by atomic mass is 15.1. The number of nitrogens with two attached hydrogens (primary N) is 1. The molecule has 0 spiro atoms. The molecular formula is C17H36N6. The lowest BCUT2D eigenvalue weighted by Gasteiger charge is -2.19. The first-order valence-corrected chi connectivity index (χ1v) is 8.58. The van der Waals surface area contributed by atoms with E-state index in [0.717, 1.165) is 25.1 Å². The molecule has 6 nitrogen and oxygen atoms in total. The zero-order chi connectivity index (χ0) is 17.7. The van der Waals surface area contributed by atoms with Crippen molar-refractivity contribution >= 4 is 12.7 Å². The van der Waals surface area contributed by atoms with Crippen molar-refractivity contribution in [1.82, 2.24) is 15.5 Å². The highest BCUT2D eigenvalue weighted by molar-refractivity contribution is 5.75. The molecular weight excluding hydrogens is 288 g/mol. The van der Waals surface area contributed by atoms with Crippen LogP contribution in [0.4, 0.5) is 0 Å². The van der Waals surface area contributed by atoms with Gasteiger partial charge in [-0.1, -0.05) is 27.7 Å². The summed E-state index contributed by atoms with van der Waals surface area (Å²) in [6, 6.07) is 1.25. The van der Waals surface area contributed by atoms with Crippen LogP contribution in [0, 0.1) is 0 Å². The number of aliphatic imine (C=N–C) groups is 2. The molecule has 1 unspecified atom stereocenters. The Morgan fingerprint density at radius 1 is 1.13 bits per heavy atom. The summed E-state index contributed by atoms with van der Waals surface area (Å²) in [5, 5.41) is 6.87. The Labute approximate surface area is 142 Å². The Kier molecular flexibility index (Phi) is 12.3. The molecule has 0 aliphatic heterocycles. The molecule has 0 saturated heterocycles. The van der Waals surface area contributed by atoms with E-state index in [0.29, 0.717) is 24.7 Å². The van der Waals surface area contributed by atoms with Crippen LogP contribution >= 0.6 is 0 Å². The van der Waals surface area contributed by atoms with E-state index in [-0.39, 0.29) is 0 Å². The third kappa shape index (κ3) is 12.8. The molecule has 0 aliphatic carbocycles. The third-order valence-corrected chi connectivity index (χ3v) is 3.44. The van der Waals surface area contributed by atoms with Gasteiger partial charge in [0.15, 0.2) is 0 Å². The van der Waals surface area contributed by atoms with Gasteiger partial charge in [0.05, 0.1) is 12.7 Å². The summed E-state index contributed by atoms with van der Waals surface area (Å²) in [4.78, 5) is 10.4. The summed E-state index contributed by atoms with van der Waals surface area (Å²) in [5.41, 5.74) is 6.69.